The molecule has 0 radical (unpaired) electrons. The Morgan fingerprint density at radius 3 is 1.62 bits per heavy atom. The van der Waals surface area contributed by atoms with Crippen molar-refractivity contribution < 1.29 is 0 Å². The molecule has 9 rings (SSSR count). The molecule has 5 aromatic carbocycles. The number of hydrogen-bond acceptors (Lipinski definition) is 2. The summed E-state index contributed by atoms with van der Waals surface area (Å²) < 4.78 is 2.42. The molecule has 3 aromatic heterocycles. The highest BCUT2D eigenvalue weighted by Crippen LogP contribution is 2.40. The van der Waals surface area contributed by atoms with Crippen LogP contribution in [0.2, 0.25) is 0 Å². The van der Waals surface area contributed by atoms with Crippen molar-refractivity contribution in [3.8, 4) is 48.1 Å². The van der Waals surface area contributed by atoms with Gasteiger partial charge in [-0.3, -0.25) is 0 Å². The summed E-state index contributed by atoms with van der Waals surface area (Å²) in [6, 6.07) is 53.4. The van der Waals surface area contributed by atoms with E-state index in [2.05, 4.69) is 168 Å². The van der Waals surface area contributed by atoms with Crippen molar-refractivity contribution in [2.45, 2.75) is 12.8 Å². The fraction of sp³-hybridized carbons (Fsp3) is 0.0455. The number of benzene rings is 5. The summed E-state index contributed by atoms with van der Waals surface area (Å²) in [6.07, 6.45) is 9.18. The third-order valence-corrected chi connectivity index (χ3v) is 11.5. The van der Waals surface area contributed by atoms with Crippen molar-refractivity contribution in [3.05, 3.63) is 169 Å². The van der Waals surface area contributed by atoms with Gasteiger partial charge in [0, 0.05) is 36.0 Å². The van der Waals surface area contributed by atoms with E-state index in [0.29, 0.717) is 0 Å². The second-order valence-electron chi connectivity index (χ2n) is 12.0. The van der Waals surface area contributed by atoms with Gasteiger partial charge in [0.1, 0.15) is 0 Å². The van der Waals surface area contributed by atoms with E-state index in [4.69, 9.17) is 0 Å². The molecule has 1 aliphatic rings. The van der Waals surface area contributed by atoms with E-state index >= 15 is 0 Å². The van der Waals surface area contributed by atoms with Gasteiger partial charge in [-0.25, -0.2) is 0 Å². The van der Waals surface area contributed by atoms with Crippen molar-refractivity contribution in [2.24, 2.45) is 0 Å². The highest BCUT2D eigenvalue weighted by atomic mass is 32.1. The largest absolute Gasteiger partial charge is 0.309 e. The van der Waals surface area contributed by atoms with Crippen LogP contribution < -0.4 is 0 Å². The predicted molar refractivity (Wildman–Crippen MR) is 205 cm³/mol. The molecule has 47 heavy (non-hydrogen) atoms. The van der Waals surface area contributed by atoms with Gasteiger partial charge in [0.25, 0.3) is 0 Å². The smallest absolute Gasteiger partial charge is 0.0541 e. The van der Waals surface area contributed by atoms with E-state index in [0.717, 1.165) is 12.8 Å². The number of thiophene rings is 2. The lowest BCUT2D eigenvalue weighted by Crippen LogP contribution is -1.93. The zero-order valence-electron chi connectivity index (χ0n) is 25.8. The Hall–Kier alpha value is -5.22. The Bertz CT molecular complexity index is 2430. The lowest BCUT2D eigenvalue weighted by atomic mass is 10.0. The van der Waals surface area contributed by atoms with Crippen LogP contribution in [-0.4, -0.2) is 4.57 Å². The number of hydrogen-bond donors (Lipinski definition) is 0. The predicted octanol–water partition coefficient (Wildman–Crippen LogP) is 13.3. The van der Waals surface area contributed by atoms with Crippen molar-refractivity contribution in [3.63, 3.8) is 0 Å². The normalized spacial score (nSPS) is 13.0. The first-order valence-corrected chi connectivity index (χ1v) is 17.8. The van der Waals surface area contributed by atoms with Crippen LogP contribution >= 0.6 is 22.7 Å². The van der Waals surface area contributed by atoms with E-state index in [1.54, 1.807) is 0 Å². The minimum atomic E-state index is 1.12. The third-order valence-electron chi connectivity index (χ3n) is 9.12. The van der Waals surface area contributed by atoms with E-state index in [9.17, 15) is 0 Å². The summed E-state index contributed by atoms with van der Waals surface area (Å²) in [5, 5.41) is 2.55. The Labute approximate surface area is 283 Å². The summed E-state index contributed by atoms with van der Waals surface area (Å²) in [5.74, 6) is 0. The van der Waals surface area contributed by atoms with Gasteiger partial charge >= 0.3 is 0 Å². The maximum Gasteiger partial charge on any atom is 0.0541 e. The standard InChI is InChI=1S/C44H31NS2/c1-4-10-30(11-5-1)34-18-22-39-37(28-34)38-29-35(44-27-26-42(47-44)32-14-8-3-9-15-32)19-23-40(38)45(39)36-20-16-33(17-21-36)43-25-24-41(46-43)31-12-6-2-7-13-31/h1-2,4-8,10-29H,3,9H2. The van der Waals surface area contributed by atoms with Gasteiger partial charge in [0.2, 0.25) is 0 Å². The monoisotopic (exact) mass is 637 g/mol. The topological polar surface area (TPSA) is 4.93 Å². The lowest BCUT2D eigenvalue weighted by Gasteiger charge is -2.10. The van der Waals surface area contributed by atoms with Crippen molar-refractivity contribution in [1.29, 1.82) is 0 Å². The van der Waals surface area contributed by atoms with Gasteiger partial charge in [-0.15, -0.1) is 22.7 Å². The average molecular weight is 638 g/mol. The van der Waals surface area contributed by atoms with Crippen molar-refractivity contribution >= 4 is 50.1 Å². The molecule has 0 atom stereocenters. The van der Waals surface area contributed by atoms with E-state index in [-0.39, 0.29) is 0 Å². The van der Waals surface area contributed by atoms with Crippen LogP contribution in [0.15, 0.2) is 164 Å². The SMILES string of the molecule is C1=CC(c2ccc(-c3ccc4c(c3)c3cc(-c5ccccc5)ccc3n4-c3ccc(-c4ccc(-c5ccccc5)s4)cc3)s2)=CCC1. The number of allylic oxidation sites excluding steroid dienone is 4. The van der Waals surface area contributed by atoms with Crippen LogP contribution in [0.25, 0.3) is 75.5 Å². The second-order valence-corrected chi connectivity index (χ2v) is 14.2. The molecule has 1 aliphatic carbocycles. The molecule has 0 N–H and O–H groups in total. The Morgan fingerprint density at radius 2 is 0.957 bits per heavy atom. The van der Waals surface area contributed by atoms with Crippen LogP contribution in [0.4, 0.5) is 0 Å². The molecule has 0 amide bonds. The van der Waals surface area contributed by atoms with Crippen LogP contribution in [0.5, 0.6) is 0 Å². The Morgan fingerprint density at radius 1 is 0.426 bits per heavy atom. The summed E-state index contributed by atoms with van der Waals surface area (Å²) in [4.78, 5) is 5.22. The summed E-state index contributed by atoms with van der Waals surface area (Å²) in [5.41, 5.74) is 11.2. The minimum absolute atomic E-state index is 1.12. The highest BCUT2D eigenvalue weighted by Gasteiger charge is 2.16. The maximum atomic E-state index is 2.42. The number of aromatic nitrogens is 1. The maximum absolute atomic E-state index is 2.42. The Balaban J connectivity index is 1.15. The second kappa shape index (κ2) is 11.9. The molecule has 0 saturated carbocycles. The molecule has 1 nitrogen and oxygen atoms in total. The number of fused-ring (bicyclic) bond motifs is 3. The molecule has 0 saturated heterocycles. The van der Waals surface area contributed by atoms with E-state index < -0.39 is 0 Å². The van der Waals surface area contributed by atoms with Gasteiger partial charge in [-0.2, -0.15) is 0 Å². The molecule has 0 bridgehead atoms. The molecular weight excluding hydrogens is 607 g/mol. The molecule has 3 heterocycles. The van der Waals surface area contributed by atoms with Gasteiger partial charge in [-0.05, 0) is 107 Å². The summed E-state index contributed by atoms with van der Waals surface area (Å²) in [7, 11) is 0. The first-order valence-electron chi connectivity index (χ1n) is 16.2. The van der Waals surface area contributed by atoms with Crippen LogP contribution in [-0.2, 0) is 0 Å². The summed E-state index contributed by atoms with van der Waals surface area (Å²) in [6.45, 7) is 0. The van der Waals surface area contributed by atoms with Gasteiger partial charge in [0.05, 0.1) is 11.0 Å². The van der Waals surface area contributed by atoms with Crippen molar-refractivity contribution in [2.75, 3.05) is 0 Å². The summed E-state index contributed by atoms with van der Waals surface area (Å²) >= 11 is 3.73. The minimum Gasteiger partial charge on any atom is -0.309 e. The molecule has 224 valence electrons. The molecule has 0 fully saturated rings. The van der Waals surface area contributed by atoms with Crippen LogP contribution in [0.1, 0.15) is 17.7 Å². The van der Waals surface area contributed by atoms with Gasteiger partial charge in [0.15, 0.2) is 0 Å². The fourth-order valence-corrected chi connectivity index (χ4v) is 8.77. The third kappa shape index (κ3) is 5.18. The van der Waals surface area contributed by atoms with Crippen molar-refractivity contribution in [1.82, 2.24) is 4.57 Å². The molecule has 0 spiro atoms. The van der Waals surface area contributed by atoms with Crippen LogP contribution in [0, 0.1) is 0 Å². The first-order chi connectivity index (χ1) is 23.3. The molecule has 3 heteroatoms. The molecule has 0 unspecified atom stereocenters. The number of nitrogens with zero attached hydrogens (tertiary/aromatic N) is 1. The van der Waals surface area contributed by atoms with Gasteiger partial charge < -0.3 is 4.57 Å². The quantitative estimate of drug-likeness (QED) is 0.171. The molecule has 0 aliphatic heterocycles. The van der Waals surface area contributed by atoms with Crippen LogP contribution in [0.3, 0.4) is 0 Å². The fourth-order valence-electron chi connectivity index (χ4n) is 6.73. The first kappa shape index (κ1) is 28.0. The van der Waals surface area contributed by atoms with E-state index in [1.165, 1.54) is 80.4 Å². The van der Waals surface area contributed by atoms with E-state index in [1.807, 2.05) is 22.7 Å². The molecule has 8 aromatic rings. The molecular formula is C44H31NS2. The average Bonchev–Trinajstić information content (AvgIpc) is 3.91. The lowest BCUT2D eigenvalue weighted by molar-refractivity contribution is 1.04. The number of rotatable bonds is 6. The zero-order chi connectivity index (χ0) is 31.2. The Kier molecular flexibility index (Phi) is 7.07. The highest BCUT2D eigenvalue weighted by molar-refractivity contribution is 7.18. The van der Waals surface area contributed by atoms with Gasteiger partial charge in [-0.1, -0.05) is 103 Å². The zero-order valence-corrected chi connectivity index (χ0v) is 27.4.